The second kappa shape index (κ2) is 7.14. The second-order valence-electron chi connectivity index (χ2n) is 3.17. The fraction of sp³-hybridized carbons (Fsp3) is 0.364. The van der Waals surface area contributed by atoms with Crippen molar-refractivity contribution in [2.24, 2.45) is 5.11 Å². The molecule has 17 heavy (non-hydrogen) atoms. The molecule has 0 radical (unpaired) electrons. The number of rotatable bonds is 6. The van der Waals surface area contributed by atoms with E-state index in [4.69, 9.17) is 10.3 Å². The first-order valence-electron chi connectivity index (χ1n) is 5.10. The van der Waals surface area contributed by atoms with Gasteiger partial charge in [-0.25, -0.2) is 4.79 Å². The highest BCUT2D eigenvalue weighted by molar-refractivity contribution is 5.89. The molecule has 0 saturated carbocycles. The summed E-state index contributed by atoms with van der Waals surface area (Å²) in [6.07, 6.45) is 0.656. The van der Waals surface area contributed by atoms with E-state index in [2.05, 4.69) is 14.8 Å². The third-order valence-electron chi connectivity index (χ3n) is 2.01. The number of methoxy groups -OCH3 is 1. The fourth-order valence-electron chi connectivity index (χ4n) is 1.18. The topological polar surface area (TPSA) is 84.3 Å². The van der Waals surface area contributed by atoms with Gasteiger partial charge in [-0.3, -0.25) is 0 Å². The van der Waals surface area contributed by atoms with E-state index in [0.29, 0.717) is 30.9 Å². The van der Waals surface area contributed by atoms with Crippen molar-refractivity contribution in [2.45, 2.75) is 6.42 Å². The normalized spacial score (nSPS) is 9.24. The maximum Gasteiger partial charge on any atom is 0.337 e. The quantitative estimate of drug-likeness (QED) is 0.249. The Morgan fingerprint density at radius 1 is 1.41 bits per heavy atom. The van der Waals surface area contributed by atoms with Gasteiger partial charge in [-0.2, -0.15) is 0 Å². The lowest BCUT2D eigenvalue weighted by Gasteiger charge is -2.05. The summed E-state index contributed by atoms with van der Waals surface area (Å²) in [5.74, 6) is 0.290. The molecule has 0 fully saturated rings. The van der Waals surface area contributed by atoms with Gasteiger partial charge in [0.05, 0.1) is 19.3 Å². The zero-order valence-corrected chi connectivity index (χ0v) is 9.50. The van der Waals surface area contributed by atoms with Gasteiger partial charge in [0.2, 0.25) is 0 Å². The number of nitrogens with zero attached hydrogens (tertiary/aromatic N) is 3. The van der Waals surface area contributed by atoms with Gasteiger partial charge in [-0.05, 0) is 36.2 Å². The van der Waals surface area contributed by atoms with Gasteiger partial charge >= 0.3 is 5.97 Å². The molecule has 0 amide bonds. The molecular formula is C11H13N3O3. The van der Waals surface area contributed by atoms with Gasteiger partial charge in [0.15, 0.2) is 0 Å². The predicted octanol–water partition coefficient (Wildman–Crippen LogP) is 2.55. The van der Waals surface area contributed by atoms with Gasteiger partial charge in [0, 0.05) is 11.5 Å². The molecule has 6 heteroatoms. The van der Waals surface area contributed by atoms with Crippen LogP contribution in [-0.2, 0) is 4.74 Å². The number of azide groups is 1. The average Bonchev–Trinajstić information content (AvgIpc) is 2.38. The van der Waals surface area contributed by atoms with E-state index in [9.17, 15) is 4.79 Å². The van der Waals surface area contributed by atoms with E-state index in [-0.39, 0.29) is 5.97 Å². The molecule has 1 rings (SSSR count). The van der Waals surface area contributed by atoms with E-state index < -0.39 is 0 Å². The molecule has 0 heterocycles. The van der Waals surface area contributed by atoms with Crippen molar-refractivity contribution in [3.8, 4) is 5.75 Å². The van der Waals surface area contributed by atoms with E-state index in [0.717, 1.165) is 0 Å². The number of carbonyl (C=O) groups is 1. The number of hydrogen-bond acceptors (Lipinski definition) is 4. The Kier molecular flexibility index (Phi) is 5.40. The molecular weight excluding hydrogens is 222 g/mol. The van der Waals surface area contributed by atoms with Crippen LogP contribution < -0.4 is 4.74 Å². The molecule has 1 aromatic rings. The lowest BCUT2D eigenvalue weighted by Crippen LogP contribution is -2.02. The van der Waals surface area contributed by atoms with Gasteiger partial charge < -0.3 is 9.47 Å². The van der Waals surface area contributed by atoms with Crippen LogP contribution in [-0.4, -0.2) is 26.2 Å². The Balaban J connectivity index is 2.40. The van der Waals surface area contributed by atoms with Crippen LogP contribution >= 0.6 is 0 Å². The number of ether oxygens (including phenoxy) is 2. The van der Waals surface area contributed by atoms with Crippen LogP contribution in [0.5, 0.6) is 5.75 Å². The molecule has 0 spiro atoms. The zero-order valence-electron chi connectivity index (χ0n) is 9.50. The van der Waals surface area contributed by atoms with Crippen LogP contribution in [0.3, 0.4) is 0 Å². The first-order chi connectivity index (χ1) is 8.27. The molecule has 0 bridgehead atoms. The Morgan fingerprint density at radius 2 is 2.12 bits per heavy atom. The largest absolute Gasteiger partial charge is 0.494 e. The minimum Gasteiger partial charge on any atom is -0.494 e. The average molecular weight is 235 g/mol. The SMILES string of the molecule is COC(=O)c1ccc(OCCCN=[N+]=[N-])cc1. The van der Waals surface area contributed by atoms with E-state index >= 15 is 0 Å². The lowest BCUT2D eigenvalue weighted by molar-refractivity contribution is 0.0600. The molecule has 0 unspecified atom stereocenters. The summed E-state index contributed by atoms with van der Waals surface area (Å²) in [6.45, 7) is 0.882. The highest BCUT2D eigenvalue weighted by Gasteiger charge is 2.04. The Labute approximate surface area is 98.8 Å². The molecule has 6 nitrogen and oxygen atoms in total. The number of carbonyl (C=O) groups excluding carboxylic acids is 1. The third kappa shape index (κ3) is 4.44. The van der Waals surface area contributed by atoms with Crippen molar-refractivity contribution in [3.05, 3.63) is 40.3 Å². The molecule has 0 aliphatic heterocycles. The summed E-state index contributed by atoms with van der Waals surface area (Å²) >= 11 is 0. The highest BCUT2D eigenvalue weighted by Crippen LogP contribution is 2.12. The first kappa shape index (κ1) is 12.9. The van der Waals surface area contributed by atoms with Crippen molar-refractivity contribution in [3.63, 3.8) is 0 Å². The standard InChI is InChI=1S/C11H13N3O3/c1-16-11(15)9-3-5-10(6-4-9)17-8-2-7-13-14-12/h3-6H,2,7-8H2,1H3. The second-order valence-corrected chi connectivity index (χ2v) is 3.17. The van der Waals surface area contributed by atoms with E-state index in [1.807, 2.05) is 0 Å². The monoisotopic (exact) mass is 235 g/mol. The summed E-state index contributed by atoms with van der Waals surface area (Å²) in [5.41, 5.74) is 8.54. The number of esters is 1. The molecule has 0 aliphatic rings. The van der Waals surface area contributed by atoms with Crippen LogP contribution in [0.25, 0.3) is 10.4 Å². The van der Waals surface area contributed by atoms with Crippen LogP contribution in [0.4, 0.5) is 0 Å². The van der Waals surface area contributed by atoms with Crippen molar-refractivity contribution >= 4 is 5.97 Å². The zero-order chi connectivity index (χ0) is 12.5. The third-order valence-corrected chi connectivity index (χ3v) is 2.01. The first-order valence-corrected chi connectivity index (χ1v) is 5.10. The smallest absolute Gasteiger partial charge is 0.337 e. The fourth-order valence-corrected chi connectivity index (χ4v) is 1.18. The van der Waals surface area contributed by atoms with Crippen LogP contribution in [0.2, 0.25) is 0 Å². The van der Waals surface area contributed by atoms with Crippen LogP contribution in [0.1, 0.15) is 16.8 Å². The van der Waals surface area contributed by atoms with E-state index in [1.54, 1.807) is 24.3 Å². The summed E-state index contributed by atoms with van der Waals surface area (Å²) in [4.78, 5) is 13.8. The Bertz CT molecular complexity index is 410. The predicted molar refractivity (Wildman–Crippen MR) is 61.9 cm³/mol. The van der Waals surface area contributed by atoms with Gasteiger partial charge in [0.1, 0.15) is 5.75 Å². The maximum atomic E-state index is 11.1. The van der Waals surface area contributed by atoms with Crippen molar-refractivity contribution in [1.29, 1.82) is 0 Å². The molecule has 0 N–H and O–H groups in total. The van der Waals surface area contributed by atoms with Gasteiger partial charge in [-0.15, -0.1) is 0 Å². The van der Waals surface area contributed by atoms with Gasteiger partial charge in [-0.1, -0.05) is 5.11 Å². The molecule has 0 saturated heterocycles. The summed E-state index contributed by atoms with van der Waals surface area (Å²) in [6, 6.07) is 6.66. The molecule has 0 aliphatic carbocycles. The highest BCUT2D eigenvalue weighted by atomic mass is 16.5. The maximum absolute atomic E-state index is 11.1. The molecule has 90 valence electrons. The minimum atomic E-state index is -0.375. The summed E-state index contributed by atoms with van der Waals surface area (Å²) in [7, 11) is 1.34. The number of benzene rings is 1. The summed E-state index contributed by atoms with van der Waals surface area (Å²) in [5, 5.41) is 3.39. The minimum absolute atomic E-state index is 0.375. The molecule has 0 atom stereocenters. The number of hydrogen-bond donors (Lipinski definition) is 0. The Hall–Kier alpha value is -2.20. The lowest BCUT2D eigenvalue weighted by atomic mass is 10.2. The van der Waals surface area contributed by atoms with Gasteiger partial charge in [0.25, 0.3) is 0 Å². The van der Waals surface area contributed by atoms with Crippen molar-refractivity contribution in [1.82, 2.24) is 0 Å². The molecule has 1 aromatic carbocycles. The van der Waals surface area contributed by atoms with E-state index in [1.165, 1.54) is 7.11 Å². The van der Waals surface area contributed by atoms with Crippen LogP contribution in [0, 0.1) is 0 Å². The Morgan fingerprint density at radius 3 is 2.71 bits per heavy atom. The summed E-state index contributed by atoms with van der Waals surface area (Å²) < 4.78 is 9.96. The van der Waals surface area contributed by atoms with Crippen molar-refractivity contribution in [2.75, 3.05) is 20.3 Å². The van der Waals surface area contributed by atoms with Crippen LogP contribution in [0.15, 0.2) is 29.4 Å². The molecule has 0 aromatic heterocycles. The van der Waals surface area contributed by atoms with Crippen molar-refractivity contribution < 1.29 is 14.3 Å².